The fraction of sp³-hybridized carbons (Fsp3) is 0.179. The van der Waals surface area contributed by atoms with Crippen LogP contribution >= 0.6 is 0 Å². The van der Waals surface area contributed by atoms with E-state index in [4.69, 9.17) is 0 Å². The molecule has 0 unspecified atom stereocenters. The Balaban J connectivity index is 0.000000324. The van der Waals surface area contributed by atoms with Gasteiger partial charge < -0.3 is 28.4 Å². The molecule has 1 aliphatic heterocycles. The van der Waals surface area contributed by atoms with Crippen molar-refractivity contribution in [3.05, 3.63) is 126 Å². The standard InChI is InChI=1S/C14H16N2.C14H12N2.B.BrH.Na.H/c2*1-2-4-12(5-3-1)10-16-9-7-13-6-8-15-14(13)11-16;;;;/h1-6,8,15H,7,9-11H2;1-9,11H,10H2;;1H;;/q;;;;+1;-1. The number of aromatic amines is 2. The third kappa shape index (κ3) is 7.96. The van der Waals surface area contributed by atoms with Crippen molar-refractivity contribution >= 4 is 19.3 Å². The topological polar surface area (TPSA) is 38.7 Å². The molecule has 0 fully saturated rings. The summed E-state index contributed by atoms with van der Waals surface area (Å²) in [6.45, 7) is 4.19. The van der Waals surface area contributed by atoms with Crippen molar-refractivity contribution in [2.24, 2.45) is 0 Å². The first-order valence-electron chi connectivity index (χ1n) is 11.2. The van der Waals surface area contributed by atoms with Gasteiger partial charge in [0.25, 0.3) is 0 Å². The molecule has 4 nitrogen and oxygen atoms in total. The maximum absolute atomic E-state index is 3.33. The largest absolute Gasteiger partial charge is 1.00 e. The van der Waals surface area contributed by atoms with E-state index in [2.05, 4.69) is 111 Å². The van der Waals surface area contributed by atoms with Crippen molar-refractivity contribution in [2.75, 3.05) is 6.54 Å². The minimum Gasteiger partial charge on any atom is -1.00 e. The van der Waals surface area contributed by atoms with E-state index in [1.165, 1.54) is 46.3 Å². The molecule has 4 heterocycles. The van der Waals surface area contributed by atoms with E-state index in [0.29, 0.717) is 0 Å². The molecule has 0 amide bonds. The van der Waals surface area contributed by atoms with Crippen molar-refractivity contribution in [3.63, 3.8) is 0 Å². The maximum atomic E-state index is 3.33. The summed E-state index contributed by atoms with van der Waals surface area (Å²) in [5.41, 5.74) is 6.78. The third-order valence-electron chi connectivity index (χ3n) is 6.02. The average Bonchev–Trinajstić information content (AvgIpc) is 3.49. The minimum atomic E-state index is 0. The summed E-state index contributed by atoms with van der Waals surface area (Å²) in [5, 5.41) is 1.25. The first-order valence-corrected chi connectivity index (χ1v) is 11.2. The van der Waals surface area contributed by atoms with Crippen LogP contribution in [-0.4, -0.2) is 29.8 Å². The first-order chi connectivity index (χ1) is 15.8. The summed E-state index contributed by atoms with van der Waals surface area (Å²) in [7, 11) is 0. The number of benzene rings is 2. The molecule has 35 heavy (non-hydrogen) atoms. The fourth-order valence-corrected chi connectivity index (χ4v) is 4.30. The van der Waals surface area contributed by atoms with E-state index in [-0.39, 0.29) is 56.4 Å². The Morgan fingerprint density at radius 1 is 0.829 bits per heavy atom. The number of pyridine rings is 1. The molecule has 1 aliphatic rings. The molecule has 0 aliphatic carbocycles. The Labute approximate surface area is 243 Å². The van der Waals surface area contributed by atoms with Gasteiger partial charge in [-0.1, -0.05) is 60.7 Å². The number of H-pyrrole nitrogens is 2. The second kappa shape index (κ2) is 14.5. The van der Waals surface area contributed by atoms with E-state index in [0.717, 1.165) is 19.6 Å². The molecule has 3 radical (unpaired) electrons. The van der Waals surface area contributed by atoms with Gasteiger partial charge in [-0.25, -0.2) is 0 Å². The van der Waals surface area contributed by atoms with Crippen molar-refractivity contribution in [3.8, 4) is 0 Å². The summed E-state index contributed by atoms with van der Waals surface area (Å²) < 4.78 is 2.19. The molecule has 5 aromatic rings. The van der Waals surface area contributed by atoms with E-state index in [1.807, 2.05) is 12.3 Å². The molecule has 7 heteroatoms. The fourth-order valence-electron chi connectivity index (χ4n) is 4.30. The monoisotopic (exact) mass is 535 g/mol. The quantitative estimate of drug-likeness (QED) is 0.221. The van der Waals surface area contributed by atoms with Gasteiger partial charge in [0.15, 0.2) is 18.9 Å². The molecular formula is C28H30BBrN4Na. The maximum Gasteiger partial charge on any atom is 1.00 e. The van der Waals surface area contributed by atoms with Crippen LogP contribution in [0.4, 0.5) is 0 Å². The zero-order chi connectivity index (χ0) is 21.6. The molecular weight excluding hydrogens is 506 g/mol. The predicted molar refractivity (Wildman–Crippen MR) is 136 cm³/mol. The second-order valence-electron chi connectivity index (χ2n) is 8.38. The van der Waals surface area contributed by atoms with E-state index in [9.17, 15) is 0 Å². The van der Waals surface area contributed by atoms with Crippen LogP contribution in [0.2, 0.25) is 0 Å². The van der Waals surface area contributed by atoms with Crippen molar-refractivity contribution < 1.29 is 52.5 Å². The van der Waals surface area contributed by atoms with Gasteiger partial charge >= 0.3 is 29.6 Å². The van der Waals surface area contributed by atoms with Crippen LogP contribution in [0.3, 0.4) is 0 Å². The van der Waals surface area contributed by atoms with E-state index >= 15 is 0 Å². The summed E-state index contributed by atoms with van der Waals surface area (Å²) in [6, 6.07) is 27.6. The Bertz CT molecular complexity index is 1280. The number of hydrogen-bond acceptors (Lipinski definition) is 1. The van der Waals surface area contributed by atoms with Crippen LogP contribution in [0, 0.1) is 0 Å². The van der Waals surface area contributed by atoms with Crippen molar-refractivity contribution in [2.45, 2.75) is 26.1 Å². The zero-order valence-electron chi connectivity index (χ0n) is 21.2. The Morgan fingerprint density at radius 3 is 2.26 bits per heavy atom. The molecule has 6 rings (SSSR count). The molecule has 2 aromatic carbocycles. The van der Waals surface area contributed by atoms with Gasteiger partial charge in [-0.3, -0.25) is 4.90 Å². The van der Waals surface area contributed by atoms with Gasteiger partial charge in [-0.05, 0) is 29.7 Å². The summed E-state index contributed by atoms with van der Waals surface area (Å²) in [6.07, 6.45) is 9.45. The molecule has 0 saturated carbocycles. The summed E-state index contributed by atoms with van der Waals surface area (Å²) in [4.78, 5) is 9.05. The summed E-state index contributed by atoms with van der Waals surface area (Å²) in [5.74, 6) is 0. The Hall–Kier alpha value is -2.09. The predicted octanol–water partition coefficient (Wildman–Crippen LogP) is -1.18. The average molecular weight is 536 g/mol. The van der Waals surface area contributed by atoms with Gasteiger partial charge in [0, 0.05) is 63.2 Å². The Morgan fingerprint density at radius 2 is 1.51 bits per heavy atom. The molecule has 3 aromatic heterocycles. The van der Waals surface area contributed by atoms with Crippen LogP contribution < -0.4 is 51.1 Å². The van der Waals surface area contributed by atoms with E-state index < -0.39 is 0 Å². The Kier molecular flexibility index (Phi) is 12.0. The number of rotatable bonds is 4. The van der Waals surface area contributed by atoms with Gasteiger partial charge in [-0.15, -0.1) is 0 Å². The third-order valence-corrected chi connectivity index (χ3v) is 6.02. The normalized spacial score (nSPS) is 12.2. The zero-order valence-corrected chi connectivity index (χ0v) is 23.8. The number of halogens is 1. The molecule has 0 saturated heterocycles. The van der Waals surface area contributed by atoms with Crippen LogP contribution in [-0.2, 0) is 26.1 Å². The molecule has 0 bridgehead atoms. The van der Waals surface area contributed by atoms with E-state index in [1.54, 1.807) is 0 Å². The van der Waals surface area contributed by atoms with Crippen LogP contribution in [0.5, 0.6) is 0 Å². The van der Waals surface area contributed by atoms with Crippen molar-refractivity contribution in [1.29, 1.82) is 0 Å². The number of hydrogen-bond donors (Lipinski definition) is 2. The number of aromatic nitrogens is 3. The van der Waals surface area contributed by atoms with Crippen LogP contribution in [0.15, 0.2) is 104 Å². The number of fused-ring (bicyclic) bond motifs is 2. The first kappa shape index (κ1) is 29.1. The van der Waals surface area contributed by atoms with Gasteiger partial charge in [0.05, 0.1) is 0 Å². The molecule has 173 valence electrons. The summed E-state index contributed by atoms with van der Waals surface area (Å²) >= 11 is 0. The molecule has 2 N–H and O–H groups in total. The smallest absolute Gasteiger partial charge is 1.00 e. The van der Waals surface area contributed by atoms with Crippen LogP contribution in [0.1, 0.15) is 23.8 Å². The molecule has 0 spiro atoms. The van der Waals surface area contributed by atoms with Gasteiger partial charge in [0.2, 0.25) is 0 Å². The minimum absolute atomic E-state index is 0. The van der Waals surface area contributed by atoms with Gasteiger partial charge in [-0.2, -0.15) is 4.57 Å². The molecule has 0 atom stereocenters. The van der Waals surface area contributed by atoms with Crippen LogP contribution in [0.25, 0.3) is 10.9 Å². The van der Waals surface area contributed by atoms with Crippen molar-refractivity contribution in [1.82, 2.24) is 14.9 Å². The van der Waals surface area contributed by atoms with Gasteiger partial charge in [0.1, 0.15) is 5.52 Å². The number of nitrogens with one attached hydrogen (secondary N) is 2. The number of nitrogens with zero attached hydrogens (tertiary/aromatic N) is 2. The SMILES string of the molecule is [B].[Br-].[H-].[Na+].c1ccc(CN2CCc3cc[nH]c3C2)cc1.c1ccc(C[n+]2ccc3cc[nH]c3c2)cc1. The second-order valence-corrected chi connectivity index (χ2v) is 8.38.